The average molecular weight is 529 g/mol. The van der Waals surface area contributed by atoms with Crippen LogP contribution in [0.1, 0.15) is 23.4 Å². The van der Waals surface area contributed by atoms with Crippen LogP contribution >= 0.6 is 11.5 Å². The summed E-state index contributed by atoms with van der Waals surface area (Å²) >= 11 is 1.21. The molecule has 0 atom stereocenters. The molecule has 1 aromatic heterocycles. The van der Waals surface area contributed by atoms with Gasteiger partial charge in [0.1, 0.15) is 5.82 Å². The van der Waals surface area contributed by atoms with Gasteiger partial charge in [-0.1, -0.05) is 18.2 Å². The second kappa shape index (κ2) is 9.91. The van der Waals surface area contributed by atoms with Gasteiger partial charge in [0.25, 0.3) is 5.69 Å². The Balaban J connectivity index is 1.27. The number of carbonyl (C=O) groups excluding carboxylic acids is 1. The quantitative estimate of drug-likeness (QED) is 0.260. The first kappa shape index (κ1) is 24.3. The summed E-state index contributed by atoms with van der Waals surface area (Å²) in [5.41, 5.74) is 2.21. The zero-order valence-electron chi connectivity index (χ0n) is 19.3. The maximum Gasteiger partial charge on any atom is 0.273 e. The van der Waals surface area contributed by atoms with Gasteiger partial charge in [-0.05, 0) is 36.6 Å². The molecule has 0 radical (unpaired) electrons. The number of anilines is 2. The van der Waals surface area contributed by atoms with E-state index >= 15 is 0 Å². The molecule has 0 unspecified atom stereocenters. The number of amides is 1. The van der Waals surface area contributed by atoms with Crippen molar-refractivity contribution < 1.29 is 18.1 Å². The first-order valence-electron chi connectivity index (χ1n) is 11.5. The first-order chi connectivity index (χ1) is 17.4. The summed E-state index contributed by atoms with van der Waals surface area (Å²) < 4.78 is 32.6. The van der Waals surface area contributed by atoms with Crippen molar-refractivity contribution in [1.82, 2.24) is 13.7 Å². The molecule has 5 rings (SSSR count). The zero-order valence-corrected chi connectivity index (χ0v) is 20.9. The molecular formula is C23H24N6O5S2. The maximum atomic E-state index is 13.4. The van der Waals surface area contributed by atoms with Gasteiger partial charge in [-0.3, -0.25) is 14.9 Å². The summed E-state index contributed by atoms with van der Waals surface area (Å²) in [5.74, 6) is 0.500. The van der Waals surface area contributed by atoms with Gasteiger partial charge in [-0.2, -0.15) is 8.68 Å². The van der Waals surface area contributed by atoms with Gasteiger partial charge in [0.05, 0.1) is 9.82 Å². The van der Waals surface area contributed by atoms with Crippen molar-refractivity contribution in [3.05, 3.63) is 69.5 Å². The van der Waals surface area contributed by atoms with Crippen molar-refractivity contribution in [3.63, 3.8) is 0 Å². The molecule has 188 valence electrons. The molecule has 0 aliphatic carbocycles. The van der Waals surface area contributed by atoms with E-state index in [1.807, 2.05) is 4.90 Å². The van der Waals surface area contributed by atoms with Crippen molar-refractivity contribution in [2.45, 2.75) is 24.2 Å². The molecule has 1 fully saturated rings. The fourth-order valence-corrected chi connectivity index (χ4v) is 6.86. The Hall–Kier alpha value is -3.42. The summed E-state index contributed by atoms with van der Waals surface area (Å²) in [4.78, 5) is 30.5. The van der Waals surface area contributed by atoms with Gasteiger partial charge in [0.2, 0.25) is 21.6 Å². The van der Waals surface area contributed by atoms with E-state index in [1.165, 1.54) is 21.9 Å². The van der Waals surface area contributed by atoms with Crippen molar-refractivity contribution in [2.75, 3.05) is 42.5 Å². The molecular weight excluding hydrogens is 504 g/mol. The number of hydrogen-bond donors (Lipinski definition) is 0. The summed E-state index contributed by atoms with van der Waals surface area (Å²) in [6, 6.07) is 11.5. The SMILES string of the molecule is O=CN1CCc2cc(S(=O)(=O)N3CCCN(c4nc(Cc5ccccc5[N+](=O)[O-])ns4)CC3)ccc21. The number of aromatic nitrogens is 2. The van der Waals surface area contributed by atoms with E-state index in [4.69, 9.17) is 0 Å². The predicted octanol–water partition coefficient (Wildman–Crippen LogP) is 2.46. The molecule has 1 saturated heterocycles. The minimum absolute atomic E-state index is 0.0369. The number of nitrogens with zero attached hydrogens (tertiary/aromatic N) is 6. The molecule has 0 N–H and O–H groups in total. The van der Waals surface area contributed by atoms with Gasteiger partial charge < -0.3 is 9.80 Å². The van der Waals surface area contributed by atoms with Crippen LogP contribution < -0.4 is 9.80 Å². The Kier molecular flexibility index (Phi) is 6.69. The Morgan fingerprint density at radius 3 is 2.72 bits per heavy atom. The number of carbonyl (C=O) groups is 1. The van der Waals surface area contributed by atoms with Crippen LogP contribution in [0.2, 0.25) is 0 Å². The number of fused-ring (bicyclic) bond motifs is 1. The lowest BCUT2D eigenvalue weighted by Crippen LogP contribution is -2.35. The molecule has 11 nitrogen and oxygen atoms in total. The van der Waals surface area contributed by atoms with Gasteiger partial charge in [0, 0.05) is 68.0 Å². The van der Waals surface area contributed by atoms with Crippen LogP contribution in [0, 0.1) is 10.1 Å². The molecule has 0 spiro atoms. The number of hydrogen-bond acceptors (Lipinski definition) is 9. The second-order valence-corrected chi connectivity index (χ2v) is 11.3. The lowest BCUT2D eigenvalue weighted by molar-refractivity contribution is -0.385. The Bertz CT molecular complexity index is 1410. The van der Waals surface area contributed by atoms with Crippen LogP contribution in [0.5, 0.6) is 0 Å². The van der Waals surface area contributed by atoms with E-state index in [1.54, 1.807) is 41.3 Å². The molecule has 2 aliphatic rings. The average Bonchev–Trinajstić information content (AvgIpc) is 3.43. The van der Waals surface area contributed by atoms with Crippen LogP contribution in [0.25, 0.3) is 0 Å². The molecule has 0 saturated carbocycles. The minimum atomic E-state index is -3.68. The van der Waals surface area contributed by atoms with Gasteiger partial charge in [-0.15, -0.1) is 0 Å². The molecule has 36 heavy (non-hydrogen) atoms. The van der Waals surface area contributed by atoms with E-state index in [0.29, 0.717) is 62.1 Å². The highest BCUT2D eigenvalue weighted by molar-refractivity contribution is 7.89. The van der Waals surface area contributed by atoms with Crippen LogP contribution in [0.15, 0.2) is 47.4 Å². The second-order valence-electron chi connectivity index (χ2n) is 8.64. The van der Waals surface area contributed by atoms with E-state index in [-0.39, 0.29) is 17.0 Å². The van der Waals surface area contributed by atoms with Crippen LogP contribution in [0.3, 0.4) is 0 Å². The molecule has 0 bridgehead atoms. The predicted molar refractivity (Wildman–Crippen MR) is 135 cm³/mol. The van der Waals surface area contributed by atoms with Gasteiger partial charge in [-0.25, -0.2) is 13.4 Å². The van der Waals surface area contributed by atoms with Crippen LogP contribution in [0.4, 0.5) is 16.5 Å². The maximum absolute atomic E-state index is 13.4. The highest BCUT2D eigenvalue weighted by Crippen LogP contribution is 2.31. The largest absolute Gasteiger partial charge is 0.345 e. The molecule has 3 heterocycles. The van der Waals surface area contributed by atoms with Crippen molar-refractivity contribution in [1.29, 1.82) is 0 Å². The molecule has 3 aromatic rings. The third-order valence-corrected chi connectivity index (χ3v) is 9.18. The summed E-state index contributed by atoms with van der Waals surface area (Å²) in [6.07, 6.45) is 2.28. The van der Waals surface area contributed by atoms with Gasteiger partial charge in [0.15, 0.2) is 0 Å². The topological polar surface area (TPSA) is 130 Å². The van der Waals surface area contributed by atoms with Crippen molar-refractivity contribution in [2.24, 2.45) is 0 Å². The van der Waals surface area contributed by atoms with E-state index in [2.05, 4.69) is 9.36 Å². The fourth-order valence-electron chi connectivity index (χ4n) is 4.60. The van der Waals surface area contributed by atoms with Gasteiger partial charge >= 0.3 is 0 Å². The Morgan fingerprint density at radius 1 is 1.08 bits per heavy atom. The molecule has 2 aromatic carbocycles. The number of nitro groups is 1. The summed E-state index contributed by atoms with van der Waals surface area (Å²) in [7, 11) is -3.68. The standard InChI is InChI=1S/C23H24N6O5S2/c30-16-27-11-8-18-14-19(6-7-20(18)27)36(33,34)28-10-3-9-26(12-13-28)23-24-22(25-35-23)15-17-4-1-2-5-21(17)29(31)32/h1-2,4-7,14,16H,3,8-13,15H2. The number of nitro benzene ring substituents is 1. The number of sulfonamides is 1. The minimum Gasteiger partial charge on any atom is -0.345 e. The fraction of sp³-hybridized carbons (Fsp3) is 0.348. The lowest BCUT2D eigenvalue weighted by atomic mass is 10.1. The van der Waals surface area contributed by atoms with Crippen LogP contribution in [-0.2, 0) is 27.7 Å². The normalized spacial score (nSPS) is 16.6. The number of benzene rings is 2. The Morgan fingerprint density at radius 2 is 1.92 bits per heavy atom. The van der Waals surface area contributed by atoms with E-state index in [9.17, 15) is 23.3 Å². The van der Waals surface area contributed by atoms with Crippen LogP contribution in [-0.4, -0.2) is 66.1 Å². The highest BCUT2D eigenvalue weighted by Gasteiger charge is 2.30. The molecule has 13 heteroatoms. The van der Waals surface area contributed by atoms with E-state index < -0.39 is 14.9 Å². The summed E-state index contributed by atoms with van der Waals surface area (Å²) in [6.45, 7) is 2.34. The monoisotopic (exact) mass is 528 g/mol. The number of para-hydroxylation sites is 1. The third kappa shape index (κ3) is 4.68. The highest BCUT2D eigenvalue weighted by atomic mass is 32.2. The molecule has 1 amide bonds. The smallest absolute Gasteiger partial charge is 0.273 e. The zero-order chi connectivity index (χ0) is 25.3. The Labute approximate surface area is 212 Å². The van der Waals surface area contributed by atoms with E-state index in [0.717, 1.165) is 17.7 Å². The molecule has 2 aliphatic heterocycles. The van der Waals surface area contributed by atoms with Crippen molar-refractivity contribution in [3.8, 4) is 0 Å². The summed E-state index contributed by atoms with van der Waals surface area (Å²) in [5, 5.41) is 12.0. The van der Waals surface area contributed by atoms with Crippen molar-refractivity contribution >= 4 is 44.5 Å². The lowest BCUT2D eigenvalue weighted by Gasteiger charge is -2.21. The third-order valence-electron chi connectivity index (χ3n) is 6.47. The first-order valence-corrected chi connectivity index (χ1v) is 13.7. The number of rotatable bonds is 7.